The Kier molecular flexibility index (Phi) is 4.46. The SMILES string of the molecule is CC1OC2(CCN(C)CC2)CN1C(=O)CCC1=CNC2=CC=CCC12. The van der Waals surface area contributed by atoms with E-state index in [0.29, 0.717) is 12.3 Å². The first-order valence-corrected chi connectivity index (χ1v) is 9.54. The fourth-order valence-corrected chi connectivity index (χ4v) is 4.54. The molecule has 25 heavy (non-hydrogen) atoms. The average molecular weight is 343 g/mol. The van der Waals surface area contributed by atoms with Gasteiger partial charge >= 0.3 is 0 Å². The molecule has 0 aromatic carbocycles. The molecule has 0 bridgehead atoms. The van der Waals surface area contributed by atoms with Crippen molar-refractivity contribution in [2.24, 2.45) is 5.92 Å². The zero-order valence-electron chi connectivity index (χ0n) is 15.3. The fraction of sp³-hybridized carbons (Fsp3) is 0.650. The smallest absolute Gasteiger partial charge is 0.225 e. The first kappa shape index (κ1) is 16.9. The quantitative estimate of drug-likeness (QED) is 0.855. The number of nitrogens with one attached hydrogen (secondary N) is 1. The van der Waals surface area contributed by atoms with Crippen molar-refractivity contribution in [3.05, 3.63) is 35.7 Å². The largest absolute Gasteiger partial charge is 0.365 e. The molecule has 1 aliphatic carbocycles. The van der Waals surface area contributed by atoms with Gasteiger partial charge in [-0.1, -0.05) is 12.2 Å². The van der Waals surface area contributed by atoms with Crippen LogP contribution < -0.4 is 5.32 Å². The molecule has 3 aliphatic heterocycles. The van der Waals surface area contributed by atoms with Gasteiger partial charge in [0.2, 0.25) is 5.91 Å². The van der Waals surface area contributed by atoms with Crippen molar-refractivity contribution >= 4 is 5.91 Å². The summed E-state index contributed by atoms with van der Waals surface area (Å²) in [5, 5.41) is 3.35. The molecular weight excluding hydrogens is 314 g/mol. The maximum Gasteiger partial charge on any atom is 0.225 e. The number of likely N-dealkylation sites (tertiary alicyclic amines) is 1. The second-order valence-corrected chi connectivity index (χ2v) is 7.93. The number of amides is 1. The molecule has 2 fully saturated rings. The summed E-state index contributed by atoms with van der Waals surface area (Å²) < 4.78 is 6.26. The first-order chi connectivity index (χ1) is 12.1. The van der Waals surface area contributed by atoms with Crippen LogP contribution in [0, 0.1) is 5.92 Å². The molecule has 5 nitrogen and oxygen atoms in total. The van der Waals surface area contributed by atoms with Crippen LogP contribution in [-0.2, 0) is 9.53 Å². The Morgan fingerprint density at radius 3 is 3.00 bits per heavy atom. The van der Waals surface area contributed by atoms with Crippen molar-refractivity contribution in [2.75, 3.05) is 26.7 Å². The summed E-state index contributed by atoms with van der Waals surface area (Å²) in [6.07, 6.45) is 12.9. The number of hydrogen-bond acceptors (Lipinski definition) is 4. The van der Waals surface area contributed by atoms with Gasteiger partial charge in [-0.15, -0.1) is 0 Å². The van der Waals surface area contributed by atoms with Crippen molar-refractivity contribution in [2.45, 2.75) is 50.9 Å². The van der Waals surface area contributed by atoms with E-state index >= 15 is 0 Å². The van der Waals surface area contributed by atoms with Gasteiger partial charge in [-0.25, -0.2) is 0 Å². The van der Waals surface area contributed by atoms with Gasteiger partial charge < -0.3 is 19.9 Å². The topological polar surface area (TPSA) is 44.8 Å². The van der Waals surface area contributed by atoms with E-state index in [1.54, 1.807) is 0 Å². The van der Waals surface area contributed by atoms with Crippen LogP contribution in [0.4, 0.5) is 0 Å². The lowest BCUT2D eigenvalue weighted by Crippen LogP contribution is -2.46. The van der Waals surface area contributed by atoms with Crippen LogP contribution in [0.25, 0.3) is 0 Å². The number of rotatable bonds is 3. The molecule has 1 N–H and O–H groups in total. The second kappa shape index (κ2) is 6.61. The van der Waals surface area contributed by atoms with Gasteiger partial charge in [0.1, 0.15) is 6.23 Å². The van der Waals surface area contributed by atoms with Crippen molar-refractivity contribution in [1.82, 2.24) is 15.1 Å². The maximum absolute atomic E-state index is 12.8. The molecule has 1 spiro atoms. The second-order valence-electron chi connectivity index (χ2n) is 7.93. The van der Waals surface area contributed by atoms with Gasteiger partial charge in [0.05, 0.1) is 12.1 Å². The highest BCUT2D eigenvalue weighted by Crippen LogP contribution is 2.36. The van der Waals surface area contributed by atoms with E-state index < -0.39 is 0 Å². The van der Waals surface area contributed by atoms with E-state index in [1.807, 2.05) is 11.8 Å². The lowest BCUT2D eigenvalue weighted by atomic mass is 9.89. The Morgan fingerprint density at radius 1 is 1.40 bits per heavy atom. The predicted octanol–water partition coefficient (Wildman–Crippen LogP) is 2.38. The number of allylic oxidation sites excluding steroid dienone is 4. The standard InChI is InChI=1S/C20H29N3O2/c1-15-23(14-20(25-15)9-11-22(2)12-10-20)19(24)8-7-16-13-21-18-6-4-3-5-17(16)18/h3-4,6,13,15,17,21H,5,7-12,14H2,1-2H3. The number of carbonyl (C=O) groups is 1. The predicted molar refractivity (Wildman–Crippen MR) is 97.5 cm³/mol. The van der Waals surface area contributed by atoms with Crippen LogP contribution in [-0.4, -0.2) is 54.2 Å². The minimum atomic E-state index is -0.111. The summed E-state index contributed by atoms with van der Waals surface area (Å²) in [5.74, 6) is 0.679. The number of ether oxygens (including phenoxy) is 1. The number of piperidine rings is 1. The molecule has 4 aliphatic rings. The van der Waals surface area contributed by atoms with E-state index in [0.717, 1.165) is 45.3 Å². The normalized spacial score (nSPS) is 30.9. The van der Waals surface area contributed by atoms with Crippen molar-refractivity contribution < 1.29 is 9.53 Å². The first-order valence-electron chi connectivity index (χ1n) is 9.54. The van der Waals surface area contributed by atoms with Gasteiger partial charge in [-0.05, 0) is 51.3 Å². The monoisotopic (exact) mass is 343 g/mol. The molecule has 0 radical (unpaired) electrons. The Morgan fingerprint density at radius 2 is 2.20 bits per heavy atom. The molecule has 2 unspecified atom stereocenters. The van der Waals surface area contributed by atoms with Gasteiger partial charge in [0.25, 0.3) is 0 Å². The molecule has 0 aromatic heterocycles. The van der Waals surface area contributed by atoms with Gasteiger partial charge in [-0.2, -0.15) is 0 Å². The van der Waals surface area contributed by atoms with E-state index in [4.69, 9.17) is 4.74 Å². The van der Waals surface area contributed by atoms with Crippen molar-refractivity contribution in [3.8, 4) is 0 Å². The van der Waals surface area contributed by atoms with Crippen LogP contribution in [0.1, 0.15) is 39.0 Å². The van der Waals surface area contributed by atoms with Gasteiger partial charge in [0, 0.05) is 37.3 Å². The number of carbonyl (C=O) groups excluding carboxylic acids is 1. The van der Waals surface area contributed by atoms with E-state index in [-0.39, 0.29) is 17.7 Å². The number of fused-ring (bicyclic) bond motifs is 1. The summed E-state index contributed by atoms with van der Waals surface area (Å²) >= 11 is 0. The van der Waals surface area contributed by atoms with Crippen LogP contribution >= 0.6 is 0 Å². The lowest BCUT2D eigenvalue weighted by Gasteiger charge is -2.36. The molecule has 4 rings (SSSR count). The minimum absolute atomic E-state index is 0.0975. The molecule has 2 saturated heterocycles. The van der Waals surface area contributed by atoms with Crippen molar-refractivity contribution in [1.29, 1.82) is 0 Å². The fourth-order valence-electron chi connectivity index (χ4n) is 4.54. The minimum Gasteiger partial charge on any atom is -0.365 e. The van der Waals surface area contributed by atoms with E-state index in [1.165, 1.54) is 11.3 Å². The molecule has 3 heterocycles. The lowest BCUT2D eigenvalue weighted by molar-refractivity contribution is -0.136. The molecule has 0 aromatic rings. The Bertz CT molecular complexity index is 629. The van der Waals surface area contributed by atoms with Crippen LogP contribution in [0.5, 0.6) is 0 Å². The Labute approximate surface area is 150 Å². The number of hydrogen-bond donors (Lipinski definition) is 1. The molecule has 5 heteroatoms. The highest BCUT2D eigenvalue weighted by atomic mass is 16.5. The van der Waals surface area contributed by atoms with Crippen molar-refractivity contribution in [3.63, 3.8) is 0 Å². The summed E-state index contributed by atoms with van der Waals surface area (Å²) in [4.78, 5) is 17.1. The van der Waals surface area contributed by atoms with E-state index in [2.05, 4.69) is 41.7 Å². The van der Waals surface area contributed by atoms with Crippen LogP contribution in [0.3, 0.4) is 0 Å². The molecule has 2 atom stereocenters. The molecule has 136 valence electrons. The van der Waals surface area contributed by atoms with Crippen LogP contribution in [0.2, 0.25) is 0 Å². The van der Waals surface area contributed by atoms with Gasteiger partial charge in [0.15, 0.2) is 0 Å². The third-order valence-corrected chi connectivity index (χ3v) is 6.20. The molecule has 0 saturated carbocycles. The van der Waals surface area contributed by atoms with Gasteiger partial charge in [-0.3, -0.25) is 4.79 Å². The summed E-state index contributed by atoms with van der Waals surface area (Å²) in [7, 11) is 2.15. The molecule has 1 amide bonds. The summed E-state index contributed by atoms with van der Waals surface area (Å²) in [6, 6.07) is 0. The molecular formula is C20H29N3O2. The summed E-state index contributed by atoms with van der Waals surface area (Å²) in [6.45, 7) is 4.89. The Hall–Kier alpha value is -1.59. The Balaban J connectivity index is 1.33. The highest BCUT2D eigenvalue weighted by molar-refractivity contribution is 5.77. The third kappa shape index (κ3) is 3.27. The number of nitrogens with zero attached hydrogens (tertiary/aromatic N) is 2. The average Bonchev–Trinajstić information content (AvgIpc) is 3.17. The summed E-state index contributed by atoms with van der Waals surface area (Å²) in [5.41, 5.74) is 2.51. The highest BCUT2D eigenvalue weighted by Gasteiger charge is 2.46. The zero-order chi connectivity index (χ0) is 17.4. The van der Waals surface area contributed by atoms with E-state index in [9.17, 15) is 4.79 Å². The third-order valence-electron chi connectivity index (χ3n) is 6.20. The maximum atomic E-state index is 12.8. The zero-order valence-corrected chi connectivity index (χ0v) is 15.3. The van der Waals surface area contributed by atoms with Crippen LogP contribution in [0.15, 0.2) is 35.7 Å².